The van der Waals surface area contributed by atoms with Crippen molar-refractivity contribution in [1.29, 1.82) is 0 Å². The van der Waals surface area contributed by atoms with Crippen molar-refractivity contribution in [3.05, 3.63) is 0 Å². The molecule has 0 aliphatic heterocycles. The van der Waals surface area contributed by atoms with Gasteiger partial charge in [0.15, 0.2) is 0 Å². The normalized spacial score (nSPS) is 29.2. The molecule has 1 nitrogen and oxygen atoms in total. The third-order valence-corrected chi connectivity index (χ3v) is 3.28. The van der Waals surface area contributed by atoms with E-state index < -0.39 is 0 Å². The summed E-state index contributed by atoms with van der Waals surface area (Å²) in [4.78, 5) is 0. The predicted octanol–water partition coefficient (Wildman–Crippen LogP) is 2.32. The second kappa shape index (κ2) is 2.78. The molecule has 0 unspecified atom stereocenters. The highest BCUT2D eigenvalue weighted by Crippen LogP contribution is 2.44. The van der Waals surface area contributed by atoms with E-state index >= 15 is 0 Å². The molecule has 11 heavy (non-hydrogen) atoms. The van der Waals surface area contributed by atoms with Gasteiger partial charge in [0.05, 0.1) is 0 Å². The Hall–Kier alpha value is -0.0400. The van der Waals surface area contributed by atoms with Gasteiger partial charge < -0.3 is 5.32 Å². The second-order valence-electron chi connectivity index (χ2n) is 4.67. The summed E-state index contributed by atoms with van der Waals surface area (Å²) in [6, 6.07) is 0.868. The minimum atomic E-state index is 0.697. The Balaban J connectivity index is 1.65. The van der Waals surface area contributed by atoms with Crippen molar-refractivity contribution in [3.63, 3.8) is 0 Å². The number of nitrogens with one attached hydrogen (secondary N) is 1. The number of hydrogen-bond acceptors (Lipinski definition) is 1. The molecule has 2 aliphatic rings. The van der Waals surface area contributed by atoms with Gasteiger partial charge in [0.25, 0.3) is 0 Å². The smallest absolute Gasteiger partial charge is 0.00672 e. The Kier molecular flexibility index (Phi) is 1.92. The fourth-order valence-electron chi connectivity index (χ4n) is 1.91. The van der Waals surface area contributed by atoms with Crippen molar-refractivity contribution in [2.45, 2.75) is 51.5 Å². The first-order chi connectivity index (χ1) is 5.29. The zero-order valence-corrected chi connectivity index (χ0v) is 7.53. The van der Waals surface area contributed by atoms with E-state index in [0.717, 1.165) is 6.04 Å². The van der Waals surface area contributed by atoms with Gasteiger partial charge in [-0.3, -0.25) is 0 Å². The van der Waals surface area contributed by atoms with Crippen LogP contribution in [-0.2, 0) is 0 Å². The van der Waals surface area contributed by atoms with E-state index in [-0.39, 0.29) is 0 Å². The Morgan fingerprint density at radius 1 is 1.27 bits per heavy atom. The van der Waals surface area contributed by atoms with Crippen LogP contribution in [-0.4, -0.2) is 12.6 Å². The van der Waals surface area contributed by atoms with Gasteiger partial charge >= 0.3 is 0 Å². The maximum Gasteiger partial charge on any atom is 0.00672 e. The SMILES string of the molecule is CC1(CNC2CCCC2)CC1. The summed E-state index contributed by atoms with van der Waals surface area (Å²) in [5.41, 5.74) is 0.697. The second-order valence-corrected chi connectivity index (χ2v) is 4.67. The maximum absolute atomic E-state index is 3.68. The summed E-state index contributed by atoms with van der Waals surface area (Å²) in [6.07, 6.45) is 8.66. The largest absolute Gasteiger partial charge is 0.313 e. The van der Waals surface area contributed by atoms with Gasteiger partial charge in [0.1, 0.15) is 0 Å². The molecule has 2 rings (SSSR count). The van der Waals surface area contributed by atoms with Crippen LogP contribution in [0.4, 0.5) is 0 Å². The Bertz CT molecular complexity index is 132. The molecule has 2 fully saturated rings. The van der Waals surface area contributed by atoms with E-state index in [1.54, 1.807) is 0 Å². The molecular formula is C10H19N. The Morgan fingerprint density at radius 3 is 2.45 bits per heavy atom. The summed E-state index contributed by atoms with van der Waals surface area (Å²) >= 11 is 0. The molecule has 0 amide bonds. The summed E-state index contributed by atoms with van der Waals surface area (Å²) in [5, 5.41) is 3.68. The van der Waals surface area contributed by atoms with Crippen LogP contribution in [0.2, 0.25) is 0 Å². The predicted molar refractivity (Wildman–Crippen MR) is 47.6 cm³/mol. The third-order valence-electron chi connectivity index (χ3n) is 3.28. The van der Waals surface area contributed by atoms with Gasteiger partial charge in [-0.2, -0.15) is 0 Å². The van der Waals surface area contributed by atoms with Crippen molar-refractivity contribution in [2.75, 3.05) is 6.54 Å². The quantitative estimate of drug-likeness (QED) is 0.656. The highest BCUT2D eigenvalue weighted by Gasteiger charge is 2.37. The molecule has 2 aliphatic carbocycles. The molecule has 0 aromatic rings. The molecule has 64 valence electrons. The lowest BCUT2D eigenvalue weighted by Gasteiger charge is -2.15. The molecule has 1 N–H and O–H groups in total. The van der Waals surface area contributed by atoms with Crippen LogP contribution in [0.3, 0.4) is 0 Å². The molecule has 2 saturated carbocycles. The van der Waals surface area contributed by atoms with Crippen molar-refractivity contribution in [3.8, 4) is 0 Å². The van der Waals surface area contributed by atoms with E-state index in [1.807, 2.05) is 0 Å². The lowest BCUT2D eigenvalue weighted by Crippen LogP contribution is -2.30. The molecule has 0 aromatic heterocycles. The van der Waals surface area contributed by atoms with E-state index in [4.69, 9.17) is 0 Å². The topological polar surface area (TPSA) is 12.0 Å². The van der Waals surface area contributed by atoms with Crippen LogP contribution in [0.15, 0.2) is 0 Å². The van der Waals surface area contributed by atoms with Gasteiger partial charge in [-0.25, -0.2) is 0 Å². The average molecular weight is 153 g/mol. The molecule has 0 aromatic carbocycles. The average Bonchev–Trinajstić information content (AvgIpc) is 2.53. The molecule has 0 atom stereocenters. The molecule has 1 heteroatoms. The number of rotatable bonds is 3. The number of hydrogen-bond donors (Lipinski definition) is 1. The van der Waals surface area contributed by atoms with Crippen molar-refractivity contribution in [1.82, 2.24) is 5.32 Å². The van der Waals surface area contributed by atoms with Crippen LogP contribution in [0.5, 0.6) is 0 Å². The van der Waals surface area contributed by atoms with E-state index in [1.165, 1.54) is 45.1 Å². The fourth-order valence-corrected chi connectivity index (χ4v) is 1.91. The van der Waals surface area contributed by atoms with Gasteiger partial charge in [-0.1, -0.05) is 19.8 Å². The summed E-state index contributed by atoms with van der Waals surface area (Å²) in [5.74, 6) is 0. The Labute approximate surface area is 69.6 Å². The maximum atomic E-state index is 3.68. The van der Waals surface area contributed by atoms with Crippen LogP contribution in [0.25, 0.3) is 0 Å². The highest BCUT2D eigenvalue weighted by atomic mass is 14.9. The highest BCUT2D eigenvalue weighted by molar-refractivity contribution is 4.91. The van der Waals surface area contributed by atoms with Crippen molar-refractivity contribution >= 4 is 0 Å². The summed E-state index contributed by atoms with van der Waals surface area (Å²) < 4.78 is 0. The molecular weight excluding hydrogens is 134 g/mol. The van der Waals surface area contributed by atoms with Crippen molar-refractivity contribution < 1.29 is 0 Å². The minimum Gasteiger partial charge on any atom is -0.313 e. The molecule has 0 heterocycles. The lowest BCUT2D eigenvalue weighted by atomic mass is 10.1. The zero-order valence-electron chi connectivity index (χ0n) is 7.53. The third kappa shape index (κ3) is 1.96. The van der Waals surface area contributed by atoms with Crippen molar-refractivity contribution in [2.24, 2.45) is 5.41 Å². The van der Waals surface area contributed by atoms with Gasteiger partial charge in [0.2, 0.25) is 0 Å². The zero-order chi connectivity index (χ0) is 7.73. The first-order valence-corrected chi connectivity index (χ1v) is 5.02. The fraction of sp³-hybridized carbons (Fsp3) is 1.00. The van der Waals surface area contributed by atoms with Crippen LogP contribution >= 0.6 is 0 Å². The lowest BCUT2D eigenvalue weighted by molar-refractivity contribution is 0.437. The van der Waals surface area contributed by atoms with Crippen LogP contribution in [0.1, 0.15) is 45.4 Å². The minimum absolute atomic E-state index is 0.697. The van der Waals surface area contributed by atoms with E-state index in [2.05, 4.69) is 12.2 Å². The standard InChI is InChI=1S/C10H19N/c1-10(6-7-10)8-11-9-4-2-3-5-9/h9,11H,2-8H2,1H3. The first-order valence-electron chi connectivity index (χ1n) is 5.02. The first kappa shape index (κ1) is 7.60. The monoisotopic (exact) mass is 153 g/mol. The van der Waals surface area contributed by atoms with E-state index in [0.29, 0.717) is 5.41 Å². The summed E-state index contributed by atoms with van der Waals surface area (Å²) in [7, 11) is 0. The molecule has 0 radical (unpaired) electrons. The molecule has 0 bridgehead atoms. The van der Waals surface area contributed by atoms with Gasteiger partial charge in [0, 0.05) is 12.6 Å². The summed E-state index contributed by atoms with van der Waals surface area (Å²) in [6.45, 7) is 3.67. The van der Waals surface area contributed by atoms with Crippen LogP contribution in [0, 0.1) is 5.41 Å². The Morgan fingerprint density at radius 2 is 1.91 bits per heavy atom. The molecule has 0 spiro atoms. The van der Waals surface area contributed by atoms with Gasteiger partial charge in [-0.15, -0.1) is 0 Å². The van der Waals surface area contributed by atoms with E-state index in [9.17, 15) is 0 Å². The van der Waals surface area contributed by atoms with Gasteiger partial charge in [-0.05, 0) is 31.1 Å². The van der Waals surface area contributed by atoms with Crippen LogP contribution < -0.4 is 5.32 Å². The molecule has 0 saturated heterocycles.